The van der Waals surface area contributed by atoms with E-state index in [4.69, 9.17) is 10.00 Å². The average molecular weight is 449 g/mol. The van der Waals surface area contributed by atoms with Crippen molar-refractivity contribution in [2.24, 2.45) is 0 Å². The van der Waals surface area contributed by atoms with Crippen molar-refractivity contribution in [1.29, 1.82) is 5.26 Å². The average Bonchev–Trinajstić information content (AvgIpc) is 3.48. The number of carbonyl (C=O) groups is 1. The molecule has 0 spiro atoms. The van der Waals surface area contributed by atoms with Crippen LogP contribution in [0.15, 0.2) is 30.5 Å². The Morgan fingerprint density at radius 2 is 2.03 bits per heavy atom. The molecule has 168 valence electrons. The summed E-state index contributed by atoms with van der Waals surface area (Å²) in [4.78, 5) is 15.2. The first-order valence-electron chi connectivity index (χ1n) is 9.86. The highest BCUT2D eigenvalue weighted by atomic mass is 19.4. The van der Waals surface area contributed by atoms with Gasteiger partial charge >= 0.3 is 6.18 Å². The number of amides is 1. The molecule has 2 fully saturated rings. The number of epoxide rings is 1. The predicted molar refractivity (Wildman–Crippen MR) is 106 cm³/mol. The van der Waals surface area contributed by atoms with Crippen LogP contribution in [-0.2, 0) is 10.9 Å². The third-order valence-corrected chi connectivity index (χ3v) is 5.72. The number of nitrogens with zero attached hydrogens (tertiary/aromatic N) is 2. The minimum Gasteiger partial charge on any atom is -0.377 e. The molecular formula is C21H19F4N5O2. The van der Waals surface area contributed by atoms with E-state index in [2.05, 4.69) is 20.9 Å². The van der Waals surface area contributed by atoms with Crippen LogP contribution in [0.1, 0.15) is 40.9 Å². The maximum atomic E-state index is 14.3. The normalized spacial score (nSPS) is 21.1. The number of halogens is 4. The molecule has 2 heterocycles. The molecule has 1 aliphatic heterocycles. The topological polar surface area (TPSA) is 102 Å². The van der Waals surface area contributed by atoms with E-state index in [-0.39, 0.29) is 17.4 Å². The van der Waals surface area contributed by atoms with Crippen molar-refractivity contribution in [3.63, 3.8) is 0 Å². The number of ether oxygens (including phenoxy) is 1. The lowest BCUT2D eigenvalue weighted by Crippen LogP contribution is -2.51. The van der Waals surface area contributed by atoms with Gasteiger partial charge in [-0.1, -0.05) is 0 Å². The molecule has 0 radical (unpaired) electrons. The molecule has 1 amide bonds. The molecule has 11 heteroatoms. The van der Waals surface area contributed by atoms with E-state index in [0.717, 1.165) is 31.5 Å². The van der Waals surface area contributed by atoms with Gasteiger partial charge in [0.05, 0.1) is 28.6 Å². The van der Waals surface area contributed by atoms with Crippen LogP contribution in [0.25, 0.3) is 0 Å². The fourth-order valence-electron chi connectivity index (χ4n) is 3.89. The summed E-state index contributed by atoms with van der Waals surface area (Å²) >= 11 is 0. The zero-order valence-electron chi connectivity index (χ0n) is 16.9. The smallest absolute Gasteiger partial charge is 0.377 e. The SMILES string of the molecule is CNC(=O)c1ccc(NC2(C3OC3Nc3cnc(C#N)c(C(F)(F)F)c3)CCC2)cc1F. The van der Waals surface area contributed by atoms with Gasteiger partial charge in [0.15, 0.2) is 11.9 Å². The number of carbonyl (C=O) groups excluding carboxylic acids is 1. The lowest BCUT2D eigenvalue weighted by Gasteiger charge is -2.42. The van der Waals surface area contributed by atoms with E-state index in [0.29, 0.717) is 5.69 Å². The van der Waals surface area contributed by atoms with Gasteiger partial charge in [0.2, 0.25) is 0 Å². The number of rotatable bonds is 6. The molecule has 0 bridgehead atoms. The van der Waals surface area contributed by atoms with Crippen molar-refractivity contribution in [2.45, 2.75) is 43.3 Å². The quantitative estimate of drug-likeness (QED) is 0.460. The summed E-state index contributed by atoms with van der Waals surface area (Å²) in [7, 11) is 1.41. The minimum absolute atomic E-state index is 0.0725. The van der Waals surface area contributed by atoms with Crippen LogP contribution in [0, 0.1) is 17.1 Å². The number of alkyl halides is 3. The van der Waals surface area contributed by atoms with Gasteiger partial charge in [0, 0.05) is 12.7 Å². The van der Waals surface area contributed by atoms with Crippen molar-refractivity contribution < 1.29 is 27.1 Å². The Kier molecular flexibility index (Phi) is 5.42. The molecule has 2 unspecified atom stereocenters. The molecule has 1 aromatic carbocycles. The number of pyridine rings is 1. The molecule has 3 N–H and O–H groups in total. The largest absolute Gasteiger partial charge is 0.419 e. The highest BCUT2D eigenvalue weighted by Crippen LogP contribution is 2.47. The Labute approximate surface area is 180 Å². The Bertz CT molecular complexity index is 1090. The van der Waals surface area contributed by atoms with Gasteiger partial charge < -0.3 is 20.7 Å². The summed E-state index contributed by atoms with van der Waals surface area (Å²) in [5.74, 6) is -1.20. The number of aromatic nitrogens is 1. The number of benzene rings is 1. The number of anilines is 2. The van der Waals surface area contributed by atoms with E-state index in [9.17, 15) is 22.4 Å². The summed E-state index contributed by atoms with van der Waals surface area (Å²) in [6.07, 6.45) is -2.10. The van der Waals surface area contributed by atoms with Crippen LogP contribution in [0.4, 0.5) is 28.9 Å². The second-order valence-corrected chi connectivity index (χ2v) is 7.76. The summed E-state index contributed by atoms with van der Waals surface area (Å²) in [6.45, 7) is 0. The number of nitrogens with one attached hydrogen (secondary N) is 3. The van der Waals surface area contributed by atoms with Crippen LogP contribution in [0.5, 0.6) is 0 Å². The Morgan fingerprint density at radius 3 is 2.59 bits per heavy atom. The monoisotopic (exact) mass is 449 g/mol. The lowest BCUT2D eigenvalue weighted by atomic mass is 9.73. The number of nitriles is 1. The molecular weight excluding hydrogens is 430 g/mol. The summed E-state index contributed by atoms with van der Waals surface area (Å²) in [5.41, 5.74) is -1.84. The summed E-state index contributed by atoms with van der Waals surface area (Å²) in [6, 6.07) is 6.48. The first kappa shape index (κ1) is 21.8. The van der Waals surface area contributed by atoms with E-state index in [1.54, 1.807) is 6.07 Å². The van der Waals surface area contributed by atoms with E-state index < -0.39 is 40.9 Å². The molecule has 1 aliphatic carbocycles. The first-order valence-corrected chi connectivity index (χ1v) is 9.86. The maximum Gasteiger partial charge on any atom is 0.419 e. The Balaban J connectivity index is 1.47. The fraction of sp³-hybridized carbons (Fsp3) is 0.381. The lowest BCUT2D eigenvalue weighted by molar-refractivity contribution is -0.138. The fourth-order valence-corrected chi connectivity index (χ4v) is 3.89. The van der Waals surface area contributed by atoms with Crippen molar-refractivity contribution in [3.8, 4) is 6.07 Å². The van der Waals surface area contributed by atoms with Crippen LogP contribution >= 0.6 is 0 Å². The summed E-state index contributed by atoms with van der Waals surface area (Å²) < 4.78 is 59.5. The van der Waals surface area contributed by atoms with E-state index >= 15 is 0 Å². The van der Waals surface area contributed by atoms with Crippen LogP contribution in [-0.4, -0.2) is 35.8 Å². The number of hydrogen-bond acceptors (Lipinski definition) is 6. The van der Waals surface area contributed by atoms with Gasteiger partial charge in [-0.15, -0.1) is 0 Å². The van der Waals surface area contributed by atoms with Crippen molar-refractivity contribution in [3.05, 3.63) is 53.1 Å². The zero-order chi connectivity index (χ0) is 23.1. The highest BCUT2D eigenvalue weighted by molar-refractivity contribution is 5.94. The van der Waals surface area contributed by atoms with Crippen LogP contribution < -0.4 is 16.0 Å². The zero-order valence-corrected chi connectivity index (χ0v) is 16.9. The molecule has 4 rings (SSSR count). The molecule has 1 saturated heterocycles. The van der Waals surface area contributed by atoms with Gasteiger partial charge in [-0.2, -0.15) is 18.4 Å². The minimum atomic E-state index is -4.71. The van der Waals surface area contributed by atoms with Crippen LogP contribution in [0.2, 0.25) is 0 Å². The number of hydrogen-bond donors (Lipinski definition) is 3. The van der Waals surface area contributed by atoms with Crippen molar-refractivity contribution >= 4 is 17.3 Å². The van der Waals surface area contributed by atoms with Crippen LogP contribution in [0.3, 0.4) is 0 Å². The molecule has 2 aromatic rings. The predicted octanol–water partition coefficient (Wildman–Crippen LogP) is 3.64. The van der Waals surface area contributed by atoms with Crippen molar-refractivity contribution in [2.75, 3.05) is 17.7 Å². The molecule has 7 nitrogen and oxygen atoms in total. The molecule has 2 aliphatic rings. The van der Waals surface area contributed by atoms with E-state index in [1.165, 1.54) is 25.2 Å². The standard InChI is InChI=1S/C21H19F4N5O2/c1-27-18(31)13-4-3-11(8-15(13)22)30-20(5-2-6-20)17-19(32-17)29-12-7-14(21(23,24)25)16(9-26)28-10-12/h3-4,7-8,10,17,19,29-30H,2,5-6H2,1H3,(H,27,31). The molecule has 32 heavy (non-hydrogen) atoms. The Hall–Kier alpha value is -3.39. The maximum absolute atomic E-state index is 14.3. The molecule has 2 atom stereocenters. The second kappa shape index (κ2) is 7.94. The van der Waals surface area contributed by atoms with Gasteiger partial charge in [-0.05, 0) is 43.5 Å². The van der Waals surface area contributed by atoms with Gasteiger partial charge in [-0.3, -0.25) is 4.79 Å². The van der Waals surface area contributed by atoms with Gasteiger partial charge in [-0.25, -0.2) is 9.37 Å². The highest BCUT2D eigenvalue weighted by Gasteiger charge is 2.58. The third-order valence-electron chi connectivity index (χ3n) is 5.72. The summed E-state index contributed by atoms with van der Waals surface area (Å²) in [5, 5.41) is 17.4. The Morgan fingerprint density at radius 1 is 1.28 bits per heavy atom. The van der Waals surface area contributed by atoms with Gasteiger partial charge in [0.25, 0.3) is 5.91 Å². The van der Waals surface area contributed by atoms with Gasteiger partial charge in [0.1, 0.15) is 18.0 Å². The first-order chi connectivity index (χ1) is 15.2. The second-order valence-electron chi connectivity index (χ2n) is 7.76. The molecule has 1 aromatic heterocycles. The third kappa shape index (κ3) is 4.05. The van der Waals surface area contributed by atoms with Crippen molar-refractivity contribution in [1.82, 2.24) is 10.3 Å². The van der Waals surface area contributed by atoms with E-state index in [1.807, 2.05) is 0 Å². The molecule has 1 saturated carbocycles.